The number of rotatable bonds is 5. The molecule has 0 aliphatic carbocycles. The summed E-state index contributed by atoms with van der Waals surface area (Å²) in [5.74, 6) is 0.372. The Hall–Kier alpha value is -3.93. The normalized spacial score (nSPS) is 11.5. The Balaban J connectivity index is 1.85. The Morgan fingerprint density at radius 2 is 1.83 bits per heavy atom. The number of benzene rings is 2. The van der Waals surface area contributed by atoms with Gasteiger partial charge in [-0.1, -0.05) is 24.3 Å². The van der Waals surface area contributed by atoms with E-state index in [0.29, 0.717) is 28.4 Å². The number of carbonyl (C=O) groups excluding carboxylic acids is 1. The van der Waals surface area contributed by atoms with Gasteiger partial charge in [0, 0.05) is 11.6 Å². The summed E-state index contributed by atoms with van der Waals surface area (Å²) in [4.78, 5) is 16.0. The molecular weight excluding hydrogens is 383 g/mol. The predicted octanol–water partition coefficient (Wildman–Crippen LogP) is 5.29. The van der Waals surface area contributed by atoms with Crippen LogP contribution in [0.3, 0.4) is 0 Å². The number of nitrogens with zero attached hydrogens (tertiary/aromatic N) is 2. The second kappa shape index (κ2) is 8.21. The second-order valence-electron chi connectivity index (χ2n) is 6.55. The van der Waals surface area contributed by atoms with Crippen molar-refractivity contribution < 1.29 is 18.7 Å². The van der Waals surface area contributed by atoms with Crippen molar-refractivity contribution >= 4 is 28.8 Å². The molecule has 2 aromatic heterocycles. The first-order valence-corrected chi connectivity index (χ1v) is 9.28. The molecule has 0 radical (unpaired) electrons. The number of aromatic nitrogens is 2. The SMILES string of the molecule is COC(=O)c1ccc(C=C(F)c2cc3c(OC)cccc3n2-c2ccccn2)cc1. The summed E-state index contributed by atoms with van der Waals surface area (Å²) in [7, 11) is 2.90. The minimum absolute atomic E-state index is 0.352. The Morgan fingerprint density at radius 3 is 2.50 bits per heavy atom. The van der Waals surface area contributed by atoms with Gasteiger partial charge in [0.2, 0.25) is 0 Å². The first-order valence-electron chi connectivity index (χ1n) is 9.28. The molecule has 0 N–H and O–H groups in total. The lowest BCUT2D eigenvalue weighted by atomic mass is 10.1. The van der Waals surface area contributed by atoms with Gasteiger partial charge in [-0.25, -0.2) is 14.2 Å². The van der Waals surface area contributed by atoms with Gasteiger partial charge in [0.05, 0.1) is 31.0 Å². The van der Waals surface area contributed by atoms with Crippen LogP contribution in [0.5, 0.6) is 5.75 Å². The van der Waals surface area contributed by atoms with Gasteiger partial charge in [0.1, 0.15) is 17.4 Å². The van der Waals surface area contributed by atoms with E-state index in [0.717, 1.165) is 10.9 Å². The van der Waals surface area contributed by atoms with Crippen molar-refractivity contribution in [3.05, 3.63) is 89.7 Å². The van der Waals surface area contributed by atoms with Crippen LogP contribution in [0.1, 0.15) is 21.6 Å². The fraction of sp³-hybridized carbons (Fsp3) is 0.0833. The number of fused-ring (bicyclic) bond motifs is 1. The smallest absolute Gasteiger partial charge is 0.337 e. The van der Waals surface area contributed by atoms with Crippen LogP contribution in [0.4, 0.5) is 4.39 Å². The van der Waals surface area contributed by atoms with Gasteiger partial charge in [-0.3, -0.25) is 4.57 Å². The van der Waals surface area contributed by atoms with E-state index in [4.69, 9.17) is 9.47 Å². The number of pyridine rings is 1. The number of carbonyl (C=O) groups is 1. The summed E-state index contributed by atoms with van der Waals surface area (Å²) in [6.45, 7) is 0. The maximum Gasteiger partial charge on any atom is 0.337 e. The maximum absolute atomic E-state index is 15.4. The lowest BCUT2D eigenvalue weighted by Gasteiger charge is -2.09. The molecule has 0 saturated heterocycles. The molecule has 0 amide bonds. The molecule has 0 aliphatic rings. The first-order chi connectivity index (χ1) is 14.6. The molecule has 6 heteroatoms. The molecule has 2 heterocycles. The number of halogens is 1. The average molecular weight is 402 g/mol. The Labute approximate surface area is 173 Å². The summed E-state index contributed by atoms with van der Waals surface area (Å²) >= 11 is 0. The number of methoxy groups -OCH3 is 2. The molecule has 0 aliphatic heterocycles. The van der Waals surface area contributed by atoms with Crippen molar-refractivity contribution in [1.82, 2.24) is 9.55 Å². The Morgan fingerprint density at radius 1 is 1.03 bits per heavy atom. The van der Waals surface area contributed by atoms with Gasteiger partial charge in [0.25, 0.3) is 0 Å². The van der Waals surface area contributed by atoms with Crippen molar-refractivity contribution in [2.75, 3.05) is 14.2 Å². The zero-order valence-electron chi connectivity index (χ0n) is 16.5. The maximum atomic E-state index is 15.4. The van der Waals surface area contributed by atoms with E-state index in [2.05, 4.69) is 4.98 Å². The van der Waals surface area contributed by atoms with Gasteiger partial charge in [-0.05, 0) is 54.1 Å². The molecule has 0 fully saturated rings. The summed E-state index contributed by atoms with van der Waals surface area (Å²) in [6, 6.07) is 19.4. The molecule has 0 unspecified atom stereocenters. The van der Waals surface area contributed by atoms with E-state index in [9.17, 15) is 4.79 Å². The third kappa shape index (κ3) is 3.55. The van der Waals surface area contributed by atoms with Gasteiger partial charge in [-0.15, -0.1) is 0 Å². The van der Waals surface area contributed by atoms with Crippen LogP contribution < -0.4 is 4.74 Å². The van der Waals surface area contributed by atoms with Crippen molar-refractivity contribution in [2.24, 2.45) is 0 Å². The van der Waals surface area contributed by atoms with E-state index in [1.807, 2.05) is 36.4 Å². The minimum atomic E-state index is -0.440. The highest BCUT2D eigenvalue weighted by atomic mass is 19.1. The predicted molar refractivity (Wildman–Crippen MR) is 114 cm³/mol. The fourth-order valence-corrected chi connectivity index (χ4v) is 3.34. The van der Waals surface area contributed by atoms with Crippen LogP contribution in [0, 0.1) is 0 Å². The Kier molecular flexibility index (Phi) is 5.30. The van der Waals surface area contributed by atoms with Crippen molar-refractivity contribution in [2.45, 2.75) is 0 Å². The highest BCUT2D eigenvalue weighted by molar-refractivity contribution is 5.93. The zero-order valence-corrected chi connectivity index (χ0v) is 16.5. The van der Waals surface area contributed by atoms with Crippen LogP contribution in [0.2, 0.25) is 0 Å². The molecule has 0 saturated carbocycles. The molecule has 0 atom stereocenters. The lowest BCUT2D eigenvalue weighted by molar-refractivity contribution is 0.0600. The lowest BCUT2D eigenvalue weighted by Crippen LogP contribution is -2.01. The molecule has 4 rings (SSSR count). The summed E-state index contributed by atoms with van der Waals surface area (Å²) in [6.07, 6.45) is 3.08. The van der Waals surface area contributed by atoms with Crippen LogP contribution in [0.25, 0.3) is 28.6 Å². The third-order valence-corrected chi connectivity index (χ3v) is 4.77. The fourth-order valence-electron chi connectivity index (χ4n) is 3.34. The van der Waals surface area contributed by atoms with Gasteiger partial charge in [0.15, 0.2) is 0 Å². The molecule has 0 bridgehead atoms. The highest BCUT2D eigenvalue weighted by Crippen LogP contribution is 2.34. The Bertz CT molecular complexity index is 1230. The minimum Gasteiger partial charge on any atom is -0.496 e. The number of hydrogen-bond acceptors (Lipinski definition) is 4. The van der Waals surface area contributed by atoms with Crippen LogP contribution >= 0.6 is 0 Å². The average Bonchev–Trinajstić information content (AvgIpc) is 3.19. The largest absolute Gasteiger partial charge is 0.496 e. The summed E-state index contributed by atoms with van der Waals surface area (Å²) in [5.41, 5.74) is 2.16. The van der Waals surface area contributed by atoms with Gasteiger partial charge < -0.3 is 9.47 Å². The molecule has 0 spiro atoms. The number of esters is 1. The van der Waals surface area contributed by atoms with Crippen LogP contribution in [-0.4, -0.2) is 29.7 Å². The van der Waals surface area contributed by atoms with Crippen molar-refractivity contribution in [3.8, 4) is 11.6 Å². The summed E-state index contributed by atoms with van der Waals surface area (Å²) in [5, 5.41) is 0.783. The zero-order chi connectivity index (χ0) is 21.1. The van der Waals surface area contributed by atoms with E-state index in [1.54, 1.807) is 48.2 Å². The van der Waals surface area contributed by atoms with E-state index in [1.165, 1.54) is 13.2 Å². The standard InChI is InChI=1S/C24H19FN2O3/c1-29-22-7-5-6-20-18(22)15-21(27(20)23-8-3-4-13-26-23)19(25)14-16-9-11-17(12-10-16)24(28)30-2/h3-15H,1-2H3. The highest BCUT2D eigenvalue weighted by Gasteiger charge is 2.17. The van der Waals surface area contributed by atoms with E-state index < -0.39 is 11.8 Å². The van der Waals surface area contributed by atoms with E-state index in [-0.39, 0.29) is 0 Å². The first kappa shape index (κ1) is 19.4. The number of ether oxygens (including phenoxy) is 2. The summed E-state index contributed by atoms with van der Waals surface area (Å²) < 4.78 is 27.4. The topological polar surface area (TPSA) is 53.4 Å². The van der Waals surface area contributed by atoms with Crippen molar-refractivity contribution in [3.63, 3.8) is 0 Å². The molecule has 2 aromatic carbocycles. The van der Waals surface area contributed by atoms with E-state index >= 15 is 4.39 Å². The van der Waals surface area contributed by atoms with Crippen LogP contribution in [-0.2, 0) is 4.74 Å². The molecular formula is C24H19FN2O3. The van der Waals surface area contributed by atoms with Gasteiger partial charge in [-0.2, -0.15) is 0 Å². The third-order valence-electron chi connectivity index (χ3n) is 4.77. The van der Waals surface area contributed by atoms with Crippen LogP contribution in [0.15, 0.2) is 72.9 Å². The second-order valence-corrected chi connectivity index (χ2v) is 6.55. The van der Waals surface area contributed by atoms with Gasteiger partial charge >= 0.3 is 5.97 Å². The molecule has 5 nitrogen and oxygen atoms in total. The molecule has 150 valence electrons. The van der Waals surface area contributed by atoms with Crippen molar-refractivity contribution in [1.29, 1.82) is 0 Å². The monoisotopic (exact) mass is 402 g/mol. The quantitative estimate of drug-likeness (QED) is 0.426. The molecule has 4 aromatic rings. The number of hydrogen-bond donors (Lipinski definition) is 0. The molecule has 30 heavy (non-hydrogen) atoms.